The second kappa shape index (κ2) is 7.59. The van der Waals surface area contributed by atoms with E-state index < -0.39 is 24.6 Å². The normalized spacial score (nSPS) is 10.1. The quantitative estimate of drug-likeness (QED) is 0.845. The number of hydrogen-bond acceptors (Lipinski definition) is 4. The van der Waals surface area contributed by atoms with Gasteiger partial charge >= 0.3 is 12.1 Å². The van der Waals surface area contributed by atoms with Gasteiger partial charge in [0.15, 0.2) is 0 Å². The van der Waals surface area contributed by atoms with Gasteiger partial charge in [0.1, 0.15) is 0 Å². The van der Waals surface area contributed by atoms with E-state index in [0.717, 1.165) is 18.7 Å². The lowest BCUT2D eigenvalue weighted by molar-refractivity contribution is -0.123. The molecule has 0 unspecified atom stereocenters. The first-order chi connectivity index (χ1) is 9.97. The summed E-state index contributed by atoms with van der Waals surface area (Å²) in [5, 5.41) is 8.71. The van der Waals surface area contributed by atoms with Crippen LogP contribution in [0.4, 0.5) is 9.59 Å². The van der Waals surface area contributed by atoms with Gasteiger partial charge in [-0.05, 0) is 11.6 Å². The molecule has 1 aromatic rings. The van der Waals surface area contributed by atoms with E-state index in [9.17, 15) is 19.2 Å². The molecule has 0 aromatic heterocycles. The Labute approximate surface area is 121 Å². The lowest BCUT2D eigenvalue weighted by Crippen LogP contribution is -2.46. The molecule has 1 N–H and O–H groups in total. The van der Waals surface area contributed by atoms with Crippen LogP contribution in [0.2, 0.25) is 0 Å². The lowest BCUT2D eigenvalue weighted by Gasteiger charge is -2.20. The maximum absolute atomic E-state index is 11.9. The van der Waals surface area contributed by atoms with Gasteiger partial charge in [0, 0.05) is 13.1 Å². The molecule has 1 radical (unpaired) electrons. The minimum atomic E-state index is -1.53. The number of carboxylic acid groups (broad SMARTS) is 1. The molecule has 0 heterocycles. The Kier molecular flexibility index (Phi) is 5.81. The van der Waals surface area contributed by atoms with Crippen molar-refractivity contribution in [2.24, 2.45) is 0 Å². The third kappa shape index (κ3) is 4.57. The number of carbonyl (C=O) groups is 3. The molecule has 21 heavy (non-hydrogen) atoms. The fraction of sp³-hybridized carbons (Fsp3) is 0.143. The van der Waals surface area contributed by atoms with Gasteiger partial charge in [0.2, 0.25) is 6.29 Å². The molecule has 1 aromatic carbocycles. The Bertz CT molecular complexity index is 568. The van der Waals surface area contributed by atoms with Crippen LogP contribution in [-0.4, -0.2) is 52.8 Å². The monoisotopic (exact) mass is 289 g/mol. The van der Waals surface area contributed by atoms with Crippen molar-refractivity contribution in [1.82, 2.24) is 9.80 Å². The molecule has 7 nitrogen and oxygen atoms in total. The summed E-state index contributed by atoms with van der Waals surface area (Å²) in [5.74, 6) is -0.805. The van der Waals surface area contributed by atoms with Crippen molar-refractivity contribution in [1.29, 1.82) is 0 Å². The fourth-order valence-corrected chi connectivity index (χ4v) is 1.39. The van der Waals surface area contributed by atoms with Crippen molar-refractivity contribution in [3.05, 3.63) is 42.0 Å². The van der Waals surface area contributed by atoms with Gasteiger partial charge in [-0.25, -0.2) is 14.5 Å². The van der Waals surface area contributed by atoms with Crippen LogP contribution < -0.4 is 0 Å². The average molecular weight is 289 g/mol. The SMILES string of the molecule is CN(C(=O)O)C(=O)N(C[C]=O)C(=O)C=Cc1ccccc1. The van der Waals surface area contributed by atoms with E-state index in [4.69, 9.17) is 5.11 Å². The highest BCUT2D eigenvalue weighted by Gasteiger charge is 2.26. The first-order valence-corrected chi connectivity index (χ1v) is 5.87. The van der Waals surface area contributed by atoms with E-state index in [-0.39, 0.29) is 0 Å². The van der Waals surface area contributed by atoms with Gasteiger partial charge in [-0.3, -0.25) is 14.5 Å². The highest BCUT2D eigenvalue weighted by molar-refractivity contribution is 6.06. The fourth-order valence-electron chi connectivity index (χ4n) is 1.39. The molecule has 0 fully saturated rings. The van der Waals surface area contributed by atoms with Crippen molar-refractivity contribution in [3.63, 3.8) is 0 Å². The number of benzene rings is 1. The molecule has 0 aliphatic carbocycles. The number of amides is 4. The van der Waals surface area contributed by atoms with Crippen LogP contribution in [0.25, 0.3) is 6.08 Å². The molecule has 0 aliphatic rings. The zero-order valence-electron chi connectivity index (χ0n) is 11.2. The summed E-state index contributed by atoms with van der Waals surface area (Å²) in [6.07, 6.45) is 2.41. The zero-order chi connectivity index (χ0) is 15.8. The molecule has 4 amide bonds. The van der Waals surface area contributed by atoms with Crippen molar-refractivity contribution < 1.29 is 24.3 Å². The van der Waals surface area contributed by atoms with Crippen LogP contribution in [0, 0.1) is 0 Å². The van der Waals surface area contributed by atoms with E-state index in [1.54, 1.807) is 30.3 Å². The molecule has 7 heteroatoms. The van der Waals surface area contributed by atoms with Crippen LogP contribution in [-0.2, 0) is 9.59 Å². The smallest absolute Gasteiger partial charge is 0.415 e. The Hall–Kier alpha value is -2.96. The Balaban J connectivity index is 2.87. The highest BCUT2D eigenvalue weighted by atomic mass is 16.4. The van der Waals surface area contributed by atoms with Crippen molar-refractivity contribution in [2.45, 2.75) is 0 Å². The van der Waals surface area contributed by atoms with Gasteiger partial charge in [-0.1, -0.05) is 30.3 Å². The first kappa shape index (κ1) is 16.1. The number of carbonyl (C=O) groups excluding carboxylic acids is 3. The van der Waals surface area contributed by atoms with Crippen molar-refractivity contribution in [3.8, 4) is 0 Å². The Morgan fingerprint density at radius 1 is 1.24 bits per heavy atom. The lowest BCUT2D eigenvalue weighted by atomic mass is 10.2. The minimum Gasteiger partial charge on any atom is -0.465 e. The van der Waals surface area contributed by atoms with E-state index in [0.29, 0.717) is 9.80 Å². The van der Waals surface area contributed by atoms with E-state index >= 15 is 0 Å². The summed E-state index contributed by atoms with van der Waals surface area (Å²) >= 11 is 0. The van der Waals surface area contributed by atoms with E-state index in [1.165, 1.54) is 12.4 Å². The molecule has 0 spiro atoms. The topological polar surface area (TPSA) is 95.0 Å². The summed E-state index contributed by atoms with van der Waals surface area (Å²) in [7, 11) is 0.983. The summed E-state index contributed by atoms with van der Waals surface area (Å²) in [6, 6.07) is 7.71. The predicted octanol–water partition coefficient (Wildman–Crippen LogP) is 1.37. The second-order valence-electron chi connectivity index (χ2n) is 3.94. The first-order valence-electron chi connectivity index (χ1n) is 5.87. The molecule has 0 saturated heterocycles. The van der Waals surface area contributed by atoms with E-state index in [2.05, 4.69) is 0 Å². The highest BCUT2D eigenvalue weighted by Crippen LogP contribution is 2.04. The summed E-state index contributed by atoms with van der Waals surface area (Å²) in [5.41, 5.74) is 0.722. The number of urea groups is 1. The molecular weight excluding hydrogens is 276 g/mol. The standard InChI is InChI=1S/C14H13N2O5/c1-15(14(20)21)13(19)16(9-10-17)12(18)8-7-11-5-3-2-4-6-11/h2-8H,9H2,1H3,(H,20,21). The van der Waals surface area contributed by atoms with Gasteiger partial charge in [0.05, 0.1) is 6.54 Å². The van der Waals surface area contributed by atoms with Crippen LogP contribution in [0.5, 0.6) is 0 Å². The molecule has 0 saturated carbocycles. The molecule has 1 rings (SSSR count). The Morgan fingerprint density at radius 2 is 1.86 bits per heavy atom. The third-order valence-electron chi connectivity index (χ3n) is 2.51. The van der Waals surface area contributed by atoms with Gasteiger partial charge in [-0.15, -0.1) is 0 Å². The summed E-state index contributed by atoms with van der Waals surface area (Å²) < 4.78 is 0. The van der Waals surface area contributed by atoms with Crippen molar-refractivity contribution in [2.75, 3.05) is 13.6 Å². The van der Waals surface area contributed by atoms with Gasteiger partial charge < -0.3 is 5.11 Å². The van der Waals surface area contributed by atoms with Crippen LogP contribution in [0.3, 0.4) is 0 Å². The molecule has 0 bridgehead atoms. The van der Waals surface area contributed by atoms with E-state index in [1.807, 2.05) is 0 Å². The maximum Gasteiger partial charge on any atom is 0.415 e. The zero-order valence-corrected chi connectivity index (χ0v) is 11.2. The molecular formula is C14H13N2O5. The molecule has 0 atom stereocenters. The minimum absolute atomic E-state index is 0.311. The third-order valence-corrected chi connectivity index (χ3v) is 2.51. The second-order valence-corrected chi connectivity index (χ2v) is 3.94. The average Bonchev–Trinajstić information content (AvgIpc) is 2.49. The largest absolute Gasteiger partial charge is 0.465 e. The van der Waals surface area contributed by atoms with Gasteiger partial charge in [-0.2, -0.15) is 0 Å². The molecule has 0 aliphatic heterocycles. The predicted molar refractivity (Wildman–Crippen MR) is 74.1 cm³/mol. The summed E-state index contributed by atoms with van der Waals surface area (Å²) in [6.45, 7) is -0.644. The Morgan fingerprint density at radius 3 is 2.38 bits per heavy atom. The summed E-state index contributed by atoms with van der Waals surface area (Å²) in [4.78, 5) is 45.6. The van der Waals surface area contributed by atoms with Gasteiger partial charge in [0.25, 0.3) is 5.91 Å². The maximum atomic E-state index is 11.9. The van der Waals surface area contributed by atoms with Crippen LogP contribution in [0.15, 0.2) is 36.4 Å². The number of imide groups is 2. The number of hydrogen-bond donors (Lipinski definition) is 1. The van der Waals surface area contributed by atoms with Crippen LogP contribution in [0.1, 0.15) is 5.56 Å². The van der Waals surface area contributed by atoms with Crippen LogP contribution >= 0.6 is 0 Å². The number of rotatable bonds is 4. The molecule has 109 valence electrons. The number of nitrogens with zero attached hydrogens (tertiary/aromatic N) is 2. The van der Waals surface area contributed by atoms with Crippen molar-refractivity contribution >= 4 is 30.4 Å².